The number of halogens is 3. The second kappa shape index (κ2) is 5.09. The van der Waals surface area contributed by atoms with Gasteiger partial charge in [-0.1, -0.05) is 30.3 Å². The third-order valence-corrected chi connectivity index (χ3v) is 3.73. The second-order valence-electron chi connectivity index (χ2n) is 5.27. The number of rotatable bonds is 2. The predicted octanol–water partition coefficient (Wildman–Crippen LogP) is 2.63. The molecule has 0 radical (unpaired) electrons. The van der Waals surface area contributed by atoms with Gasteiger partial charge >= 0.3 is 6.18 Å². The standard InChI is InChI=1S/C14H17F3N2O/c1-13(18,14(15,16)17)12(20)19-9-5-8-11(19)10-6-3-2-4-7-10/h2-4,6-7,11H,5,8-9,18H2,1H3. The number of nitrogens with zero attached hydrogens (tertiary/aromatic N) is 1. The molecule has 1 aromatic carbocycles. The Balaban J connectivity index is 2.26. The molecule has 2 rings (SSSR count). The van der Waals surface area contributed by atoms with Crippen molar-refractivity contribution in [1.82, 2.24) is 4.90 Å². The highest BCUT2D eigenvalue weighted by molar-refractivity contribution is 5.87. The van der Waals surface area contributed by atoms with Gasteiger partial charge in [-0.05, 0) is 25.3 Å². The number of carbonyl (C=O) groups is 1. The van der Waals surface area contributed by atoms with Crippen LogP contribution in [0.25, 0.3) is 0 Å². The lowest BCUT2D eigenvalue weighted by Gasteiger charge is -2.34. The molecule has 110 valence electrons. The highest BCUT2D eigenvalue weighted by Gasteiger charge is 2.56. The van der Waals surface area contributed by atoms with Crippen LogP contribution in [0.3, 0.4) is 0 Å². The zero-order valence-corrected chi connectivity index (χ0v) is 11.2. The lowest BCUT2D eigenvalue weighted by Crippen LogP contribution is -2.62. The zero-order valence-electron chi connectivity index (χ0n) is 11.2. The number of alkyl halides is 3. The Labute approximate surface area is 115 Å². The van der Waals surface area contributed by atoms with Crippen LogP contribution in [-0.2, 0) is 4.79 Å². The highest BCUT2D eigenvalue weighted by atomic mass is 19.4. The van der Waals surface area contributed by atoms with Gasteiger partial charge in [-0.25, -0.2) is 0 Å². The van der Waals surface area contributed by atoms with Gasteiger partial charge in [-0.2, -0.15) is 13.2 Å². The van der Waals surface area contributed by atoms with Crippen molar-refractivity contribution >= 4 is 5.91 Å². The van der Waals surface area contributed by atoms with Gasteiger partial charge in [0.25, 0.3) is 5.91 Å². The van der Waals surface area contributed by atoms with E-state index in [0.29, 0.717) is 19.4 Å². The Kier molecular flexibility index (Phi) is 3.77. The SMILES string of the molecule is CC(N)(C(=O)N1CCCC1c1ccccc1)C(F)(F)F. The summed E-state index contributed by atoms with van der Waals surface area (Å²) in [5.74, 6) is -1.06. The third-order valence-electron chi connectivity index (χ3n) is 3.73. The van der Waals surface area contributed by atoms with Gasteiger partial charge in [0.1, 0.15) is 0 Å². The summed E-state index contributed by atoms with van der Waals surface area (Å²) in [5, 5.41) is 0. The number of amides is 1. The Morgan fingerprint density at radius 3 is 2.45 bits per heavy atom. The second-order valence-corrected chi connectivity index (χ2v) is 5.27. The van der Waals surface area contributed by atoms with E-state index in [2.05, 4.69) is 0 Å². The number of hydrogen-bond donors (Lipinski definition) is 1. The molecule has 2 atom stereocenters. The summed E-state index contributed by atoms with van der Waals surface area (Å²) in [5.41, 5.74) is 3.24. The first-order chi connectivity index (χ1) is 9.25. The average molecular weight is 286 g/mol. The van der Waals surface area contributed by atoms with Crippen molar-refractivity contribution < 1.29 is 18.0 Å². The lowest BCUT2D eigenvalue weighted by atomic mass is 9.98. The number of likely N-dealkylation sites (tertiary alicyclic amines) is 1. The minimum atomic E-state index is -4.76. The maximum Gasteiger partial charge on any atom is 0.415 e. The molecule has 2 N–H and O–H groups in total. The molecule has 1 aliphatic heterocycles. The molecule has 1 saturated heterocycles. The third kappa shape index (κ3) is 2.52. The van der Waals surface area contributed by atoms with Crippen LogP contribution < -0.4 is 5.73 Å². The van der Waals surface area contributed by atoms with Crippen LogP contribution in [-0.4, -0.2) is 29.1 Å². The summed E-state index contributed by atoms with van der Waals surface area (Å²) < 4.78 is 38.7. The van der Waals surface area contributed by atoms with Crippen LogP contribution in [0, 0.1) is 0 Å². The van der Waals surface area contributed by atoms with Crippen molar-refractivity contribution in [3.05, 3.63) is 35.9 Å². The molecule has 1 heterocycles. The fourth-order valence-electron chi connectivity index (χ4n) is 2.45. The minimum Gasteiger partial charge on any atom is -0.334 e. The number of nitrogens with two attached hydrogens (primary N) is 1. The number of hydrogen-bond acceptors (Lipinski definition) is 2. The molecular weight excluding hydrogens is 269 g/mol. The molecule has 1 amide bonds. The van der Waals surface area contributed by atoms with E-state index in [1.807, 2.05) is 30.3 Å². The van der Waals surface area contributed by atoms with Crippen molar-refractivity contribution in [3.8, 4) is 0 Å². The Morgan fingerprint density at radius 1 is 1.30 bits per heavy atom. The topological polar surface area (TPSA) is 46.3 Å². The molecule has 3 nitrogen and oxygen atoms in total. The predicted molar refractivity (Wildman–Crippen MR) is 68.8 cm³/mol. The first-order valence-electron chi connectivity index (χ1n) is 6.47. The molecule has 20 heavy (non-hydrogen) atoms. The minimum absolute atomic E-state index is 0.307. The van der Waals surface area contributed by atoms with Crippen LogP contribution in [0.2, 0.25) is 0 Å². The van der Waals surface area contributed by atoms with E-state index in [1.54, 1.807) is 0 Å². The van der Waals surface area contributed by atoms with Gasteiger partial charge < -0.3 is 10.6 Å². The Morgan fingerprint density at radius 2 is 1.90 bits per heavy atom. The molecule has 0 aliphatic carbocycles. The van der Waals surface area contributed by atoms with E-state index in [9.17, 15) is 18.0 Å². The molecule has 0 saturated carbocycles. The van der Waals surface area contributed by atoms with Gasteiger partial charge in [0.2, 0.25) is 0 Å². The molecule has 0 bridgehead atoms. The first kappa shape index (κ1) is 14.8. The summed E-state index contributed by atoms with van der Waals surface area (Å²) in [6, 6.07) is 8.75. The van der Waals surface area contributed by atoms with E-state index in [1.165, 1.54) is 4.90 Å². The van der Waals surface area contributed by atoms with Crippen LogP contribution in [0.5, 0.6) is 0 Å². The first-order valence-corrected chi connectivity index (χ1v) is 6.47. The van der Waals surface area contributed by atoms with E-state index in [4.69, 9.17) is 5.73 Å². The van der Waals surface area contributed by atoms with E-state index >= 15 is 0 Å². The summed E-state index contributed by atoms with van der Waals surface area (Å²) in [6.45, 7) is 1.04. The Hall–Kier alpha value is -1.56. The van der Waals surface area contributed by atoms with Gasteiger partial charge in [0.15, 0.2) is 5.54 Å². The molecule has 1 aliphatic rings. The van der Waals surface area contributed by atoms with Gasteiger partial charge in [-0.3, -0.25) is 4.79 Å². The van der Waals surface area contributed by atoms with Crippen LogP contribution in [0.1, 0.15) is 31.4 Å². The average Bonchev–Trinajstić information content (AvgIpc) is 2.86. The molecule has 2 unspecified atom stereocenters. The molecule has 1 aromatic rings. The molecule has 0 spiro atoms. The van der Waals surface area contributed by atoms with Crippen molar-refractivity contribution in [2.75, 3.05) is 6.54 Å². The fourth-order valence-corrected chi connectivity index (χ4v) is 2.45. The summed E-state index contributed by atoms with van der Waals surface area (Å²) in [6.07, 6.45) is -3.42. The number of carbonyl (C=O) groups excluding carboxylic acids is 1. The molecule has 6 heteroatoms. The van der Waals surface area contributed by atoms with Gasteiger partial charge in [0.05, 0.1) is 6.04 Å². The van der Waals surface area contributed by atoms with E-state index < -0.39 is 17.6 Å². The maximum absolute atomic E-state index is 12.9. The highest BCUT2D eigenvalue weighted by Crippen LogP contribution is 2.37. The van der Waals surface area contributed by atoms with E-state index in [0.717, 1.165) is 12.5 Å². The summed E-state index contributed by atoms with van der Waals surface area (Å²) in [4.78, 5) is 13.4. The molecule has 0 aromatic heterocycles. The van der Waals surface area contributed by atoms with Crippen molar-refractivity contribution in [2.24, 2.45) is 5.73 Å². The van der Waals surface area contributed by atoms with Crippen molar-refractivity contribution in [3.63, 3.8) is 0 Å². The largest absolute Gasteiger partial charge is 0.415 e. The summed E-state index contributed by atoms with van der Waals surface area (Å²) >= 11 is 0. The van der Waals surface area contributed by atoms with Crippen LogP contribution >= 0.6 is 0 Å². The zero-order chi connectivity index (χ0) is 15.0. The quantitative estimate of drug-likeness (QED) is 0.908. The normalized spacial score (nSPS) is 22.6. The number of benzene rings is 1. The lowest BCUT2D eigenvalue weighted by molar-refractivity contribution is -0.194. The van der Waals surface area contributed by atoms with Crippen molar-refractivity contribution in [2.45, 2.75) is 37.5 Å². The van der Waals surface area contributed by atoms with Crippen LogP contribution in [0.4, 0.5) is 13.2 Å². The monoisotopic (exact) mass is 286 g/mol. The van der Waals surface area contributed by atoms with Crippen molar-refractivity contribution in [1.29, 1.82) is 0 Å². The van der Waals surface area contributed by atoms with Gasteiger partial charge in [0, 0.05) is 6.54 Å². The maximum atomic E-state index is 12.9. The smallest absolute Gasteiger partial charge is 0.334 e. The van der Waals surface area contributed by atoms with Gasteiger partial charge in [-0.15, -0.1) is 0 Å². The summed E-state index contributed by atoms with van der Waals surface area (Å²) in [7, 11) is 0. The Bertz CT molecular complexity index is 485. The van der Waals surface area contributed by atoms with Crippen LogP contribution in [0.15, 0.2) is 30.3 Å². The molecule has 1 fully saturated rings. The molecular formula is C14H17F3N2O. The van der Waals surface area contributed by atoms with E-state index in [-0.39, 0.29) is 6.04 Å². The fraction of sp³-hybridized carbons (Fsp3) is 0.500.